The average Bonchev–Trinajstić information content (AvgIpc) is 2.96. The zero-order valence-corrected chi connectivity index (χ0v) is 19.6. The van der Waals surface area contributed by atoms with E-state index in [0.29, 0.717) is 55.6 Å². The van der Waals surface area contributed by atoms with E-state index in [1.54, 1.807) is 12.1 Å². The number of nitrogens with one attached hydrogen (secondary N) is 3. The third kappa shape index (κ3) is 4.86. The number of carbonyl (C=O) groups excluding carboxylic acids is 2. The Morgan fingerprint density at radius 2 is 1.49 bits per heavy atom. The van der Waals surface area contributed by atoms with E-state index in [-0.39, 0.29) is 11.9 Å². The number of aryl methyl sites for hydroxylation is 2. The van der Waals surface area contributed by atoms with Gasteiger partial charge in [-0.05, 0) is 90.4 Å². The Labute approximate surface area is 204 Å². The first-order valence-corrected chi connectivity index (χ1v) is 11.6. The van der Waals surface area contributed by atoms with Crippen LogP contribution in [0.3, 0.4) is 0 Å². The first-order valence-electron chi connectivity index (χ1n) is 11.6. The lowest BCUT2D eigenvalue weighted by molar-refractivity contribution is -0.106. The quantitative estimate of drug-likeness (QED) is 0.275. The number of carbonyl (C=O) groups is 2. The average molecular weight is 473 g/mol. The molecule has 0 unspecified atom stereocenters. The number of halogens is 1. The van der Waals surface area contributed by atoms with Crippen LogP contribution >= 0.6 is 0 Å². The summed E-state index contributed by atoms with van der Waals surface area (Å²) in [6, 6.07) is 17.6. The van der Waals surface area contributed by atoms with Gasteiger partial charge in [-0.25, -0.2) is 4.39 Å². The number of fused-ring (bicyclic) bond motifs is 2. The highest BCUT2D eigenvalue weighted by molar-refractivity contribution is 5.99. The largest absolute Gasteiger partial charge is 0.329 e. The van der Waals surface area contributed by atoms with Gasteiger partial charge in [-0.1, -0.05) is 24.3 Å². The molecule has 0 fully saturated rings. The molecule has 180 valence electrons. The highest BCUT2D eigenvalue weighted by Crippen LogP contribution is 2.45. The summed E-state index contributed by atoms with van der Waals surface area (Å²) in [5.74, 6) is -0.318. The second-order valence-electron chi connectivity index (χ2n) is 9.14. The van der Waals surface area contributed by atoms with E-state index in [1.807, 2.05) is 43.3 Å². The number of hydrogen-bond donors (Lipinski definition) is 4. The minimum atomic E-state index is -0.830. The van der Waals surface area contributed by atoms with Crippen LogP contribution in [0.1, 0.15) is 41.2 Å². The number of nitrogens with two attached hydrogens (primary N) is 1. The zero-order valence-electron chi connectivity index (χ0n) is 19.6. The van der Waals surface area contributed by atoms with Gasteiger partial charge >= 0.3 is 0 Å². The van der Waals surface area contributed by atoms with Crippen LogP contribution < -0.4 is 16.4 Å². The summed E-state index contributed by atoms with van der Waals surface area (Å²) < 4.78 is 13.5. The maximum atomic E-state index is 13.5. The maximum absolute atomic E-state index is 13.5. The second-order valence-corrected chi connectivity index (χ2v) is 9.14. The van der Waals surface area contributed by atoms with Crippen LogP contribution in [0.5, 0.6) is 0 Å². The molecular formula is C28H29FN4O2. The summed E-state index contributed by atoms with van der Waals surface area (Å²) in [7, 11) is 0. The third-order valence-corrected chi connectivity index (χ3v) is 6.68. The smallest absolute Gasteiger partial charge is 0.211 e. The van der Waals surface area contributed by atoms with Crippen LogP contribution in [0.4, 0.5) is 15.8 Å². The highest BCUT2D eigenvalue weighted by Gasteiger charge is 2.43. The van der Waals surface area contributed by atoms with Crippen molar-refractivity contribution >= 4 is 29.9 Å². The van der Waals surface area contributed by atoms with Crippen molar-refractivity contribution in [2.75, 3.05) is 10.6 Å². The van der Waals surface area contributed by atoms with Crippen molar-refractivity contribution in [1.82, 2.24) is 0 Å². The number of hydrogen-bond acceptors (Lipinski definition) is 4. The molecule has 5 N–H and O–H groups in total. The van der Waals surface area contributed by atoms with E-state index in [4.69, 9.17) is 5.73 Å². The molecule has 1 aliphatic carbocycles. The minimum Gasteiger partial charge on any atom is -0.329 e. The predicted molar refractivity (Wildman–Crippen MR) is 137 cm³/mol. The standard InChI is InChI=1S/C28H29FN4O2/c1-18(30)15-28(27(31)12-19-2-6-22(29)7-3-19)25-10-8-23(32-16-34)13-20(25)4-5-21-14-24(33-17-35)9-11-26(21)28/h2-3,6-11,13-14,16-18,31H,4-5,12,15,30H2,1H3,(H,32,34)(H,33,35)/t18-/m1/s1. The lowest BCUT2D eigenvalue weighted by Crippen LogP contribution is -2.43. The molecule has 0 bridgehead atoms. The fourth-order valence-electron chi connectivity index (χ4n) is 5.27. The third-order valence-electron chi connectivity index (χ3n) is 6.68. The first-order chi connectivity index (χ1) is 16.9. The van der Waals surface area contributed by atoms with E-state index in [9.17, 15) is 19.4 Å². The van der Waals surface area contributed by atoms with Crippen molar-refractivity contribution in [3.8, 4) is 0 Å². The zero-order chi connectivity index (χ0) is 25.0. The second kappa shape index (κ2) is 10.2. The molecular weight excluding hydrogens is 443 g/mol. The molecule has 1 aliphatic rings. The van der Waals surface area contributed by atoms with Gasteiger partial charge in [0, 0.05) is 29.5 Å². The van der Waals surface area contributed by atoms with Gasteiger partial charge in [-0.2, -0.15) is 0 Å². The molecule has 35 heavy (non-hydrogen) atoms. The predicted octanol–water partition coefficient (Wildman–Crippen LogP) is 4.35. The van der Waals surface area contributed by atoms with Crippen molar-refractivity contribution < 1.29 is 14.0 Å². The Morgan fingerprint density at radius 1 is 0.971 bits per heavy atom. The van der Waals surface area contributed by atoms with E-state index >= 15 is 0 Å². The minimum absolute atomic E-state index is 0.220. The van der Waals surface area contributed by atoms with Crippen LogP contribution in [0.25, 0.3) is 0 Å². The number of amides is 2. The van der Waals surface area contributed by atoms with Crippen LogP contribution in [-0.4, -0.2) is 24.6 Å². The molecule has 6 nitrogen and oxygen atoms in total. The summed E-state index contributed by atoms with van der Waals surface area (Å²) in [6.45, 7) is 1.93. The van der Waals surface area contributed by atoms with Gasteiger partial charge < -0.3 is 21.8 Å². The van der Waals surface area contributed by atoms with Crippen LogP contribution in [-0.2, 0) is 34.3 Å². The Morgan fingerprint density at radius 3 is 1.94 bits per heavy atom. The van der Waals surface area contributed by atoms with E-state index in [2.05, 4.69) is 10.6 Å². The van der Waals surface area contributed by atoms with Gasteiger partial charge in [0.25, 0.3) is 0 Å². The highest BCUT2D eigenvalue weighted by atomic mass is 19.1. The molecule has 3 aromatic carbocycles. The molecule has 0 saturated carbocycles. The molecule has 2 amide bonds. The van der Waals surface area contributed by atoms with E-state index in [1.165, 1.54) is 12.1 Å². The van der Waals surface area contributed by atoms with Crippen molar-refractivity contribution in [2.45, 2.75) is 44.1 Å². The summed E-state index contributed by atoms with van der Waals surface area (Å²) in [5, 5.41) is 14.9. The summed E-state index contributed by atoms with van der Waals surface area (Å²) in [5.41, 5.74) is 12.3. The molecule has 0 spiro atoms. The summed E-state index contributed by atoms with van der Waals surface area (Å²) >= 11 is 0. The molecule has 0 aliphatic heterocycles. The van der Waals surface area contributed by atoms with Crippen LogP contribution in [0.2, 0.25) is 0 Å². The molecule has 3 aromatic rings. The monoisotopic (exact) mass is 472 g/mol. The van der Waals surface area contributed by atoms with Gasteiger partial charge in [-0.15, -0.1) is 0 Å². The van der Waals surface area contributed by atoms with Crippen LogP contribution in [0, 0.1) is 11.2 Å². The SMILES string of the molecule is C[C@@H](N)CC1(C(=N)Cc2ccc(F)cc2)c2ccc(NC=O)cc2CCc2cc(NC=O)ccc21. The maximum Gasteiger partial charge on any atom is 0.211 e. The first kappa shape index (κ1) is 24.3. The number of benzene rings is 3. The molecule has 0 heterocycles. The van der Waals surface area contributed by atoms with Gasteiger partial charge in [-0.3, -0.25) is 9.59 Å². The number of anilines is 2. The van der Waals surface area contributed by atoms with Crippen molar-refractivity contribution in [3.63, 3.8) is 0 Å². The van der Waals surface area contributed by atoms with Gasteiger partial charge in [0.15, 0.2) is 0 Å². The molecule has 7 heteroatoms. The van der Waals surface area contributed by atoms with E-state index < -0.39 is 5.41 Å². The van der Waals surface area contributed by atoms with Gasteiger partial charge in [0.2, 0.25) is 12.8 Å². The normalized spacial score (nSPS) is 14.6. The van der Waals surface area contributed by atoms with Crippen LogP contribution in [0.15, 0.2) is 60.7 Å². The number of rotatable bonds is 9. The Balaban J connectivity index is 1.95. The van der Waals surface area contributed by atoms with Crippen molar-refractivity contribution in [1.29, 1.82) is 5.41 Å². The molecule has 0 saturated heterocycles. The lowest BCUT2D eigenvalue weighted by atomic mass is 9.64. The topological polar surface area (TPSA) is 108 Å². The molecule has 0 aromatic heterocycles. The molecule has 4 rings (SSSR count). The Bertz CT molecular complexity index is 1190. The van der Waals surface area contributed by atoms with Gasteiger partial charge in [0.05, 0.1) is 5.41 Å². The molecule has 1 atom stereocenters. The summed E-state index contributed by atoms with van der Waals surface area (Å²) in [4.78, 5) is 22.1. The summed E-state index contributed by atoms with van der Waals surface area (Å²) in [6.07, 6.45) is 3.52. The fraction of sp³-hybridized carbons (Fsp3) is 0.250. The Hall–Kier alpha value is -3.84. The fourth-order valence-corrected chi connectivity index (χ4v) is 5.27. The lowest BCUT2D eigenvalue weighted by Gasteiger charge is -2.39. The van der Waals surface area contributed by atoms with Crippen molar-refractivity contribution in [2.24, 2.45) is 5.73 Å². The molecule has 0 radical (unpaired) electrons. The van der Waals surface area contributed by atoms with Gasteiger partial charge in [0.1, 0.15) is 5.82 Å². The Kier molecular flexibility index (Phi) is 7.07. The van der Waals surface area contributed by atoms with E-state index in [0.717, 1.165) is 27.8 Å². The van der Waals surface area contributed by atoms with Crippen molar-refractivity contribution in [3.05, 3.63) is 94.3 Å².